The molecule has 0 radical (unpaired) electrons. The zero-order chi connectivity index (χ0) is 15.7. The molecule has 0 bridgehead atoms. The van der Waals surface area contributed by atoms with Gasteiger partial charge in [0, 0.05) is 32.7 Å². The molecule has 0 fully saturated rings. The lowest BCUT2D eigenvalue weighted by Gasteiger charge is -2.25. The van der Waals surface area contributed by atoms with Gasteiger partial charge in [-0.05, 0) is 38.1 Å². The molecular weight excluding hydrogens is 267 g/mol. The zero-order valence-corrected chi connectivity index (χ0v) is 13.5. The average Bonchev–Trinajstić information content (AvgIpc) is 2.46. The molecule has 0 saturated carbocycles. The van der Waals surface area contributed by atoms with Gasteiger partial charge in [-0.2, -0.15) is 0 Å². The summed E-state index contributed by atoms with van der Waals surface area (Å²) in [5.74, 6) is 0.520. The number of aliphatic imine (C=N–C) groups is 1. The molecule has 0 aliphatic rings. The number of likely N-dealkylation sites (N-methyl/N-ethyl adjacent to an activating group) is 1. The third-order valence-electron chi connectivity index (χ3n) is 3.40. The Morgan fingerprint density at radius 2 is 2.10 bits per heavy atom. The van der Waals surface area contributed by atoms with E-state index in [1.807, 2.05) is 6.07 Å². The summed E-state index contributed by atoms with van der Waals surface area (Å²) in [6.45, 7) is 9.94. The fourth-order valence-corrected chi connectivity index (χ4v) is 2.15. The lowest BCUT2D eigenvalue weighted by atomic mass is 10.2. The van der Waals surface area contributed by atoms with E-state index in [9.17, 15) is 4.39 Å². The Morgan fingerprint density at radius 3 is 2.67 bits per heavy atom. The van der Waals surface area contributed by atoms with Crippen molar-refractivity contribution in [2.75, 3.05) is 26.7 Å². The second-order valence-corrected chi connectivity index (χ2v) is 5.20. The van der Waals surface area contributed by atoms with Crippen LogP contribution < -0.4 is 10.6 Å². The van der Waals surface area contributed by atoms with Crippen LogP contribution in [0.1, 0.15) is 26.3 Å². The van der Waals surface area contributed by atoms with Gasteiger partial charge in [-0.3, -0.25) is 9.89 Å². The monoisotopic (exact) mass is 294 g/mol. The van der Waals surface area contributed by atoms with Crippen LogP contribution in [-0.4, -0.2) is 43.6 Å². The molecule has 21 heavy (non-hydrogen) atoms. The first-order valence-electron chi connectivity index (χ1n) is 7.49. The molecule has 1 aromatic rings. The highest BCUT2D eigenvalue weighted by Gasteiger charge is 2.06. The molecule has 2 N–H and O–H groups in total. The van der Waals surface area contributed by atoms with E-state index >= 15 is 0 Å². The SMILES string of the molecule is CCN(CCNC(=NC)NCc1cccc(F)c1)C(C)C. The van der Waals surface area contributed by atoms with Crippen molar-refractivity contribution >= 4 is 5.96 Å². The Kier molecular flexibility index (Phi) is 7.75. The highest BCUT2D eigenvalue weighted by molar-refractivity contribution is 5.79. The molecule has 0 aliphatic carbocycles. The number of hydrogen-bond donors (Lipinski definition) is 2. The average molecular weight is 294 g/mol. The third kappa shape index (κ3) is 6.58. The quantitative estimate of drug-likeness (QED) is 0.598. The largest absolute Gasteiger partial charge is 0.355 e. The Hall–Kier alpha value is -1.62. The van der Waals surface area contributed by atoms with Crippen LogP contribution >= 0.6 is 0 Å². The maximum Gasteiger partial charge on any atom is 0.191 e. The summed E-state index contributed by atoms with van der Waals surface area (Å²) in [4.78, 5) is 6.56. The molecule has 0 heterocycles. The Bertz CT molecular complexity index is 446. The summed E-state index contributed by atoms with van der Waals surface area (Å²) in [6.07, 6.45) is 0. The molecule has 0 saturated heterocycles. The van der Waals surface area contributed by atoms with Crippen LogP contribution in [0, 0.1) is 5.82 Å². The van der Waals surface area contributed by atoms with E-state index in [2.05, 4.69) is 41.3 Å². The van der Waals surface area contributed by atoms with Crippen LogP contribution in [0.3, 0.4) is 0 Å². The van der Waals surface area contributed by atoms with Gasteiger partial charge in [0.2, 0.25) is 0 Å². The van der Waals surface area contributed by atoms with E-state index in [1.165, 1.54) is 12.1 Å². The van der Waals surface area contributed by atoms with Crippen molar-refractivity contribution in [2.45, 2.75) is 33.4 Å². The van der Waals surface area contributed by atoms with Crippen LogP contribution in [0.25, 0.3) is 0 Å². The molecule has 0 spiro atoms. The van der Waals surface area contributed by atoms with Crippen LogP contribution in [0.15, 0.2) is 29.3 Å². The molecule has 0 aromatic heterocycles. The number of halogens is 1. The van der Waals surface area contributed by atoms with Gasteiger partial charge < -0.3 is 10.6 Å². The molecule has 118 valence electrons. The predicted octanol–water partition coefficient (Wildman–Crippen LogP) is 2.22. The van der Waals surface area contributed by atoms with Crippen molar-refractivity contribution in [3.8, 4) is 0 Å². The third-order valence-corrected chi connectivity index (χ3v) is 3.40. The molecule has 5 heteroatoms. The highest BCUT2D eigenvalue weighted by Crippen LogP contribution is 2.02. The van der Waals surface area contributed by atoms with E-state index in [4.69, 9.17) is 0 Å². The summed E-state index contributed by atoms with van der Waals surface area (Å²) in [5.41, 5.74) is 0.898. The Morgan fingerprint density at radius 1 is 1.33 bits per heavy atom. The zero-order valence-electron chi connectivity index (χ0n) is 13.5. The van der Waals surface area contributed by atoms with Crippen LogP contribution in [0.5, 0.6) is 0 Å². The molecular formula is C16H27FN4. The molecule has 0 atom stereocenters. The van der Waals surface area contributed by atoms with Crippen molar-refractivity contribution in [3.63, 3.8) is 0 Å². The van der Waals surface area contributed by atoms with Gasteiger partial charge in [0.1, 0.15) is 5.82 Å². The fourth-order valence-electron chi connectivity index (χ4n) is 2.15. The molecule has 0 unspecified atom stereocenters. The minimum atomic E-state index is -0.215. The molecule has 4 nitrogen and oxygen atoms in total. The van der Waals surface area contributed by atoms with Crippen molar-refractivity contribution < 1.29 is 4.39 Å². The first-order valence-corrected chi connectivity index (χ1v) is 7.49. The van der Waals surface area contributed by atoms with E-state index in [0.29, 0.717) is 12.6 Å². The lowest BCUT2D eigenvalue weighted by Crippen LogP contribution is -2.42. The molecule has 1 rings (SSSR count). The summed E-state index contributed by atoms with van der Waals surface area (Å²) in [5, 5.41) is 6.47. The summed E-state index contributed by atoms with van der Waals surface area (Å²) < 4.78 is 13.1. The smallest absolute Gasteiger partial charge is 0.191 e. The summed E-state index contributed by atoms with van der Waals surface area (Å²) >= 11 is 0. The van der Waals surface area contributed by atoms with Crippen LogP contribution in [0.2, 0.25) is 0 Å². The number of benzene rings is 1. The van der Waals surface area contributed by atoms with E-state index < -0.39 is 0 Å². The van der Waals surface area contributed by atoms with Crippen molar-refractivity contribution in [3.05, 3.63) is 35.6 Å². The number of nitrogens with one attached hydrogen (secondary N) is 2. The van der Waals surface area contributed by atoms with Gasteiger partial charge in [-0.1, -0.05) is 19.1 Å². The number of rotatable bonds is 7. The maximum atomic E-state index is 13.1. The lowest BCUT2D eigenvalue weighted by molar-refractivity contribution is 0.237. The second-order valence-electron chi connectivity index (χ2n) is 5.20. The van der Waals surface area contributed by atoms with Crippen LogP contribution in [0.4, 0.5) is 4.39 Å². The first kappa shape index (κ1) is 17.4. The first-order chi connectivity index (χ1) is 10.1. The molecule has 0 amide bonds. The van der Waals surface area contributed by atoms with Crippen molar-refractivity contribution in [1.29, 1.82) is 0 Å². The van der Waals surface area contributed by atoms with Gasteiger partial charge in [-0.15, -0.1) is 0 Å². The number of nitrogens with zero attached hydrogens (tertiary/aromatic N) is 2. The van der Waals surface area contributed by atoms with E-state index in [0.717, 1.165) is 31.2 Å². The Labute approximate surface area is 127 Å². The van der Waals surface area contributed by atoms with Gasteiger partial charge in [-0.25, -0.2) is 4.39 Å². The van der Waals surface area contributed by atoms with Crippen molar-refractivity contribution in [2.24, 2.45) is 4.99 Å². The topological polar surface area (TPSA) is 39.7 Å². The molecule has 1 aromatic carbocycles. The maximum absolute atomic E-state index is 13.1. The van der Waals surface area contributed by atoms with Crippen molar-refractivity contribution in [1.82, 2.24) is 15.5 Å². The normalized spacial score (nSPS) is 12.0. The van der Waals surface area contributed by atoms with E-state index in [-0.39, 0.29) is 5.82 Å². The fraction of sp³-hybridized carbons (Fsp3) is 0.562. The number of guanidine groups is 1. The minimum Gasteiger partial charge on any atom is -0.355 e. The van der Waals surface area contributed by atoms with Gasteiger partial charge in [0.15, 0.2) is 5.96 Å². The second kappa shape index (κ2) is 9.34. The summed E-state index contributed by atoms with van der Waals surface area (Å²) in [6, 6.07) is 7.12. The molecule has 0 aliphatic heterocycles. The number of hydrogen-bond acceptors (Lipinski definition) is 2. The predicted molar refractivity (Wildman–Crippen MR) is 87.0 cm³/mol. The van der Waals surface area contributed by atoms with Gasteiger partial charge >= 0.3 is 0 Å². The standard InChI is InChI=1S/C16H27FN4/c1-5-21(13(2)3)10-9-19-16(18-4)20-12-14-7-6-8-15(17)11-14/h6-8,11,13H,5,9-10,12H2,1-4H3,(H2,18,19,20). The van der Waals surface area contributed by atoms with E-state index in [1.54, 1.807) is 13.1 Å². The minimum absolute atomic E-state index is 0.215. The van der Waals surface area contributed by atoms with Crippen LogP contribution in [-0.2, 0) is 6.54 Å². The Balaban J connectivity index is 2.36. The summed E-state index contributed by atoms with van der Waals surface area (Å²) in [7, 11) is 1.74. The highest BCUT2D eigenvalue weighted by atomic mass is 19.1. The van der Waals surface area contributed by atoms with Gasteiger partial charge in [0.05, 0.1) is 0 Å². The van der Waals surface area contributed by atoms with Gasteiger partial charge in [0.25, 0.3) is 0 Å².